The van der Waals surface area contributed by atoms with Gasteiger partial charge >= 0.3 is 5.97 Å². The van der Waals surface area contributed by atoms with E-state index in [9.17, 15) is 4.79 Å². The lowest BCUT2D eigenvalue weighted by Crippen LogP contribution is -2.48. The number of halogens is 1. The Hall–Kier alpha value is -2.56. The zero-order chi connectivity index (χ0) is 29.5. The van der Waals surface area contributed by atoms with Gasteiger partial charge in [0.2, 0.25) is 0 Å². The van der Waals surface area contributed by atoms with E-state index in [1.807, 2.05) is 58.0 Å². The first kappa shape index (κ1) is 29.9. The molecule has 3 heterocycles. The van der Waals surface area contributed by atoms with E-state index in [1.165, 1.54) is 7.11 Å². The Bertz CT molecular complexity index is 1530. The van der Waals surface area contributed by atoms with E-state index < -0.39 is 17.7 Å². The maximum atomic E-state index is 13.2. The maximum Gasteiger partial charge on any atom is 0.339 e. The van der Waals surface area contributed by atoms with Crippen LogP contribution >= 0.6 is 34.3 Å². The molecule has 1 saturated heterocycles. The van der Waals surface area contributed by atoms with Crippen molar-refractivity contribution in [3.8, 4) is 21.8 Å². The van der Waals surface area contributed by atoms with Gasteiger partial charge in [0.15, 0.2) is 11.2 Å². The van der Waals surface area contributed by atoms with Crippen molar-refractivity contribution in [3.63, 3.8) is 0 Å². The molecule has 5 rings (SSSR count). The fourth-order valence-corrected chi connectivity index (χ4v) is 7.33. The van der Waals surface area contributed by atoms with E-state index in [4.69, 9.17) is 31.0 Å². The van der Waals surface area contributed by atoms with Crippen LogP contribution in [0.1, 0.15) is 51.8 Å². The summed E-state index contributed by atoms with van der Waals surface area (Å²) in [4.78, 5) is 28.1. The van der Waals surface area contributed by atoms with Crippen molar-refractivity contribution in [1.82, 2.24) is 14.9 Å². The standard InChI is InChI=1S/C31H37ClN4O3S2/c1-18(2)35-12-14-36(15-13-35)30-34-23(17-40-30)28-33-22-16-19(3)24(26(29(37)38-7)39-31(4,5)6)25(27(22)41-28)20-8-10-21(32)11-9-20/h8-11,16-18,26H,12-15H2,1-7H3/t26-/m0/s1. The average Bonchev–Trinajstić information content (AvgIpc) is 3.58. The molecule has 1 aliphatic rings. The molecule has 1 aliphatic heterocycles. The summed E-state index contributed by atoms with van der Waals surface area (Å²) in [6.07, 6.45) is -0.906. The van der Waals surface area contributed by atoms with E-state index >= 15 is 0 Å². The van der Waals surface area contributed by atoms with Gasteiger partial charge in [-0.2, -0.15) is 0 Å². The van der Waals surface area contributed by atoms with Gasteiger partial charge < -0.3 is 14.4 Å². The summed E-state index contributed by atoms with van der Waals surface area (Å²) >= 11 is 9.51. The minimum absolute atomic E-state index is 0.441. The Kier molecular flexibility index (Phi) is 8.74. The molecular formula is C31H37ClN4O3S2. The lowest BCUT2D eigenvalue weighted by molar-refractivity contribution is -0.164. The predicted octanol–water partition coefficient (Wildman–Crippen LogP) is 7.61. The van der Waals surface area contributed by atoms with Gasteiger partial charge in [0.25, 0.3) is 0 Å². The molecule has 0 bridgehead atoms. The number of ether oxygens (including phenoxy) is 2. The number of nitrogens with zero attached hydrogens (tertiary/aromatic N) is 4. The third-order valence-electron chi connectivity index (χ3n) is 7.24. The summed E-state index contributed by atoms with van der Waals surface area (Å²) in [6, 6.07) is 10.3. The number of piperazine rings is 1. The van der Waals surface area contributed by atoms with Crippen molar-refractivity contribution in [2.75, 3.05) is 38.2 Å². The predicted molar refractivity (Wildman–Crippen MR) is 170 cm³/mol. The Balaban J connectivity index is 1.61. The Labute approximate surface area is 255 Å². The number of thiazole rings is 2. The summed E-state index contributed by atoms with van der Waals surface area (Å²) in [5, 5.41) is 4.62. The first-order valence-electron chi connectivity index (χ1n) is 13.9. The first-order valence-corrected chi connectivity index (χ1v) is 15.9. The van der Waals surface area contributed by atoms with Crippen LogP contribution in [0.25, 0.3) is 32.0 Å². The average molecular weight is 613 g/mol. The number of hydrogen-bond donors (Lipinski definition) is 0. The summed E-state index contributed by atoms with van der Waals surface area (Å²) < 4.78 is 12.5. The number of fused-ring (bicyclic) bond motifs is 1. The van der Waals surface area contributed by atoms with E-state index in [-0.39, 0.29) is 0 Å². The Morgan fingerprint density at radius 3 is 2.37 bits per heavy atom. The maximum absolute atomic E-state index is 13.2. The third-order valence-corrected chi connectivity index (χ3v) is 9.50. The molecule has 0 aliphatic carbocycles. The minimum Gasteiger partial charge on any atom is -0.467 e. The van der Waals surface area contributed by atoms with E-state index in [1.54, 1.807) is 22.7 Å². The van der Waals surface area contributed by atoms with Crippen molar-refractivity contribution in [2.24, 2.45) is 0 Å². The van der Waals surface area contributed by atoms with Crippen LogP contribution in [0.15, 0.2) is 35.7 Å². The van der Waals surface area contributed by atoms with Crippen molar-refractivity contribution in [1.29, 1.82) is 0 Å². The second kappa shape index (κ2) is 12.0. The van der Waals surface area contributed by atoms with Crippen LogP contribution in [0.4, 0.5) is 5.13 Å². The number of esters is 1. The highest BCUT2D eigenvalue weighted by Gasteiger charge is 2.33. The zero-order valence-corrected chi connectivity index (χ0v) is 27.0. The second-order valence-electron chi connectivity index (χ2n) is 11.6. The molecule has 4 aromatic rings. The lowest BCUT2D eigenvalue weighted by atomic mass is 9.91. The number of rotatable bonds is 7. The molecule has 218 valence electrons. The summed E-state index contributed by atoms with van der Waals surface area (Å²) in [5.74, 6) is -0.441. The normalized spacial score (nSPS) is 15.6. The first-order chi connectivity index (χ1) is 19.4. The minimum atomic E-state index is -0.906. The van der Waals surface area contributed by atoms with Crippen LogP contribution in [-0.2, 0) is 14.3 Å². The lowest BCUT2D eigenvalue weighted by Gasteiger charge is -2.36. The van der Waals surface area contributed by atoms with Gasteiger partial charge in [-0.15, -0.1) is 22.7 Å². The molecule has 0 unspecified atom stereocenters. The number of anilines is 1. The van der Waals surface area contributed by atoms with Gasteiger partial charge in [-0.25, -0.2) is 14.8 Å². The monoisotopic (exact) mass is 612 g/mol. The highest BCUT2D eigenvalue weighted by atomic mass is 35.5. The molecule has 2 aromatic heterocycles. The summed E-state index contributed by atoms with van der Waals surface area (Å²) in [5.41, 5.74) is 4.67. The van der Waals surface area contributed by atoms with Crippen LogP contribution in [0, 0.1) is 6.92 Å². The highest BCUT2D eigenvalue weighted by Crippen LogP contribution is 2.45. The number of aromatic nitrogens is 2. The van der Waals surface area contributed by atoms with Crippen LogP contribution in [0.2, 0.25) is 5.02 Å². The third kappa shape index (κ3) is 6.44. The van der Waals surface area contributed by atoms with Gasteiger partial charge in [-0.3, -0.25) is 4.90 Å². The van der Waals surface area contributed by atoms with Crippen molar-refractivity contribution < 1.29 is 14.3 Å². The van der Waals surface area contributed by atoms with Crippen LogP contribution in [0.3, 0.4) is 0 Å². The fraction of sp³-hybridized carbons (Fsp3) is 0.452. The van der Waals surface area contributed by atoms with Crippen molar-refractivity contribution in [2.45, 2.75) is 59.3 Å². The van der Waals surface area contributed by atoms with E-state index in [0.717, 1.165) is 74.5 Å². The molecule has 10 heteroatoms. The molecule has 41 heavy (non-hydrogen) atoms. The topological polar surface area (TPSA) is 67.8 Å². The SMILES string of the molecule is COC(=O)[C@@H](OC(C)(C)C)c1c(C)cc2nc(-c3csc(N4CCN(C(C)C)CC4)n3)sc2c1-c1ccc(Cl)cc1. The van der Waals surface area contributed by atoms with Crippen LogP contribution < -0.4 is 4.90 Å². The molecule has 0 spiro atoms. The van der Waals surface area contributed by atoms with Gasteiger partial charge in [0.1, 0.15) is 10.7 Å². The molecule has 0 saturated carbocycles. The molecule has 7 nitrogen and oxygen atoms in total. The number of methoxy groups -OCH3 is 1. The molecular weight excluding hydrogens is 576 g/mol. The molecule has 2 aromatic carbocycles. The second-order valence-corrected chi connectivity index (χ2v) is 13.9. The van der Waals surface area contributed by atoms with E-state index in [0.29, 0.717) is 11.1 Å². The quantitative estimate of drug-likeness (QED) is 0.199. The van der Waals surface area contributed by atoms with Gasteiger partial charge in [0, 0.05) is 53.8 Å². The number of carbonyl (C=O) groups is 1. The van der Waals surface area contributed by atoms with Gasteiger partial charge in [-0.05, 0) is 70.9 Å². The smallest absolute Gasteiger partial charge is 0.339 e. The van der Waals surface area contributed by atoms with Crippen LogP contribution in [-0.4, -0.2) is 65.8 Å². The Morgan fingerprint density at radius 2 is 1.76 bits per heavy atom. The zero-order valence-electron chi connectivity index (χ0n) is 24.7. The fourth-order valence-electron chi connectivity index (χ4n) is 5.18. The summed E-state index contributed by atoms with van der Waals surface area (Å²) in [6.45, 7) is 16.3. The van der Waals surface area contributed by atoms with Gasteiger partial charge in [0.05, 0.1) is 22.9 Å². The van der Waals surface area contributed by atoms with Crippen LogP contribution in [0.5, 0.6) is 0 Å². The molecule has 1 fully saturated rings. The number of carbonyl (C=O) groups excluding carboxylic acids is 1. The number of hydrogen-bond acceptors (Lipinski definition) is 9. The highest BCUT2D eigenvalue weighted by molar-refractivity contribution is 7.22. The largest absolute Gasteiger partial charge is 0.467 e. The number of benzene rings is 2. The Morgan fingerprint density at radius 1 is 1.07 bits per heavy atom. The molecule has 1 atom stereocenters. The molecule has 0 radical (unpaired) electrons. The molecule has 0 N–H and O–H groups in total. The van der Waals surface area contributed by atoms with E-state index in [2.05, 4.69) is 29.0 Å². The van der Waals surface area contributed by atoms with Gasteiger partial charge in [-0.1, -0.05) is 23.7 Å². The number of aryl methyl sites for hydroxylation is 1. The van der Waals surface area contributed by atoms with Crippen molar-refractivity contribution >= 4 is 55.6 Å². The summed E-state index contributed by atoms with van der Waals surface area (Å²) in [7, 11) is 1.39. The van der Waals surface area contributed by atoms with Crippen molar-refractivity contribution in [3.05, 3.63) is 51.9 Å². The molecule has 0 amide bonds.